The number of ether oxygens (including phenoxy) is 10. The molecule has 0 heterocycles. The summed E-state index contributed by atoms with van der Waals surface area (Å²) in [6, 6.07) is 14.9. The van der Waals surface area contributed by atoms with E-state index in [0.29, 0.717) is 84.0 Å². The Bertz CT molecular complexity index is 3410. The quantitative estimate of drug-likeness (QED) is 0.0155. The van der Waals surface area contributed by atoms with Crippen LogP contribution in [0.4, 0.5) is 9.59 Å². The number of aliphatic carboxylic acids is 2. The summed E-state index contributed by atoms with van der Waals surface area (Å²) in [5, 5.41) is 49.5. The molecule has 592 valence electrons. The molecule has 0 aromatic heterocycles. The fourth-order valence-corrected chi connectivity index (χ4v) is 9.11. The molecule has 4 rings (SSSR count). The third-order valence-corrected chi connectivity index (χ3v) is 15.7. The first-order chi connectivity index (χ1) is 49.8. The molecule has 0 aliphatic heterocycles. The second-order valence-electron chi connectivity index (χ2n) is 26.0. The zero-order valence-electron chi connectivity index (χ0n) is 66.2. The minimum absolute atomic E-state index is 0.0550. The Morgan fingerprint density at radius 2 is 0.660 bits per heavy atom. The summed E-state index contributed by atoms with van der Waals surface area (Å²) in [5.74, 6) is -0.221. The van der Waals surface area contributed by atoms with Crippen LogP contribution < -0.4 is 68.6 Å². The highest BCUT2D eigenvalue weighted by Gasteiger charge is 2.26. The lowest BCUT2D eigenvalue weighted by Gasteiger charge is -2.23. The summed E-state index contributed by atoms with van der Waals surface area (Å²) < 4.78 is 52.9. The third kappa shape index (κ3) is 32.3. The van der Waals surface area contributed by atoms with Gasteiger partial charge in [0.05, 0.1) is 75.3 Å². The summed E-state index contributed by atoms with van der Waals surface area (Å²) in [6.07, 6.45) is -0.598. The first-order valence-electron chi connectivity index (χ1n) is 34.5. The molecule has 0 aliphatic rings. The predicted octanol–water partition coefficient (Wildman–Crippen LogP) is 9.53. The van der Waals surface area contributed by atoms with Gasteiger partial charge in [0.2, 0.25) is 46.6 Å². The first-order valence-corrected chi connectivity index (χ1v) is 34.5. The Morgan fingerprint density at radius 1 is 0.387 bits per heavy atom. The van der Waals surface area contributed by atoms with Crippen molar-refractivity contribution < 1.29 is 106 Å². The molecule has 4 aromatic carbocycles. The van der Waals surface area contributed by atoms with Crippen LogP contribution in [-0.4, -0.2) is 237 Å². The van der Waals surface area contributed by atoms with Crippen molar-refractivity contribution in [1.29, 1.82) is 0 Å². The van der Waals surface area contributed by atoms with E-state index in [4.69, 9.17) is 47.4 Å². The average Bonchev–Trinajstić information content (AvgIpc) is 0.819. The van der Waals surface area contributed by atoms with Crippen molar-refractivity contribution in [3.63, 3.8) is 0 Å². The molecule has 6 amide bonds. The maximum atomic E-state index is 12.9. The van der Waals surface area contributed by atoms with Gasteiger partial charge in [-0.05, 0) is 94.5 Å². The molecule has 8 N–H and O–H groups in total. The van der Waals surface area contributed by atoms with Crippen LogP contribution in [0.2, 0.25) is 0 Å². The number of benzene rings is 4. The third-order valence-electron chi connectivity index (χ3n) is 15.7. The molecule has 30 heteroatoms. The highest BCUT2D eigenvalue weighted by atomic mass is 16.6. The van der Waals surface area contributed by atoms with Crippen LogP contribution in [0, 0.1) is 0 Å². The summed E-state index contributed by atoms with van der Waals surface area (Å²) >= 11 is 0. The van der Waals surface area contributed by atoms with Gasteiger partial charge in [0, 0.05) is 110 Å². The molecule has 0 saturated heterocycles. The van der Waals surface area contributed by atoms with Crippen molar-refractivity contribution in [3.8, 4) is 69.0 Å². The largest absolute Gasteiger partial charge is 0.502 e. The lowest BCUT2D eigenvalue weighted by Crippen LogP contribution is -2.40. The molecule has 0 radical (unpaired) electrons. The van der Waals surface area contributed by atoms with Gasteiger partial charge in [0.25, 0.3) is 0 Å². The second kappa shape index (κ2) is 47.9. The topological polar surface area (TPSA) is 371 Å². The number of carboxylic acid groups (broad SMARTS) is 2. The number of carbonyl (C=O) groups excluding carboxylic acids is 6. The van der Waals surface area contributed by atoms with Crippen LogP contribution in [0.5, 0.6) is 69.0 Å². The number of methoxy groups -OCH3 is 8. The number of rotatable bonds is 36. The first kappa shape index (κ1) is 93.7. The standard InChI is InChI=1S/2C27H42N4O8.2C11H16O3/c1-17(2)19-13-21(37-7)25(22(14-19)38-8)39-27(36)31(6)12-11-30(5)26(35)20(16-24(33)34)15-23(32)29-10-9-28-18(3)4;1-17(2)19-13-21(37-7)25(22(14-19)38-8)39-27(36)31(6)12-11-30(5)24(33)16-20(26(34)35)15-23(32)29-10-9-28-18(3)4;2*1-7(2)8-5-9(13-3)11(12)10(6-8)14-4/h13-14,16-18,28H,9-12,15H2,1-8H3,(H,29,32)(H,33,34);13-14,16-18,28H,9-12,15H2,1-8H3,(H,29,32)(H,34,35);2*5-7,12H,1-4H3/b2*20-16-;;. The molecule has 0 bridgehead atoms. The van der Waals surface area contributed by atoms with Crippen molar-refractivity contribution in [2.75, 3.05) is 137 Å². The number of carboxylic acids is 2. The lowest BCUT2D eigenvalue weighted by atomic mass is 10.0. The van der Waals surface area contributed by atoms with Crippen molar-refractivity contribution in [2.45, 2.75) is 132 Å². The summed E-state index contributed by atoms with van der Waals surface area (Å²) in [7, 11) is 17.9. The smallest absolute Gasteiger partial charge is 0.415 e. The zero-order chi connectivity index (χ0) is 80.8. The van der Waals surface area contributed by atoms with E-state index in [0.717, 1.165) is 34.4 Å². The van der Waals surface area contributed by atoms with Crippen molar-refractivity contribution >= 4 is 47.8 Å². The van der Waals surface area contributed by atoms with Gasteiger partial charge >= 0.3 is 24.1 Å². The Morgan fingerprint density at radius 3 is 0.925 bits per heavy atom. The van der Waals surface area contributed by atoms with Gasteiger partial charge in [-0.2, -0.15) is 0 Å². The van der Waals surface area contributed by atoms with Crippen LogP contribution in [0.1, 0.15) is 142 Å². The SMILES string of the molecule is COc1cc(C(C)C)cc(OC)c1O.COc1cc(C(C)C)cc(OC)c1O.COc1cc(C(C)C)cc(OC)c1OC(=O)N(C)CCN(C)C(=O)/C(=C\C(=O)O)CC(=O)NCCNC(C)C.COc1cc(C(C)C)cc(OC)c1OC(=O)N(C)CCN(C)C(=O)/C=C(/CC(=O)NCCNC(C)C)C(=O)O. The molecule has 106 heavy (non-hydrogen) atoms. The normalized spacial score (nSPS) is 11.0. The molecular weight excluding hydrogens is 1380 g/mol. The minimum Gasteiger partial charge on any atom is -0.502 e. The fraction of sp³-hybridized carbons (Fsp3) is 0.526. The number of hydrogen-bond donors (Lipinski definition) is 8. The van der Waals surface area contributed by atoms with Gasteiger partial charge in [-0.1, -0.05) is 83.1 Å². The van der Waals surface area contributed by atoms with E-state index in [1.165, 1.54) is 105 Å². The van der Waals surface area contributed by atoms with Crippen LogP contribution in [0.3, 0.4) is 0 Å². The van der Waals surface area contributed by atoms with E-state index in [1.54, 1.807) is 24.3 Å². The van der Waals surface area contributed by atoms with E-state index in [9.17, 15) is 58.8 Å². The maximum absolute atomic E-state index is 12.9. The number of nitrogens with zero attached hydrogens (tertiary/aromatic N) is 4. The highest BCUT2D eigenvalue weighted by molar-refractivity contribution is 6.03. The molecule has 0 spiro atoms. The van der Waals surface area contributed by atoms with E-state index < -0.39 is 54.2 Å². The number of aromatic hydroxyl groups is 2. The summed E-state index contributed by atoms with van der Waals surface area (Å²) in [4.78, 5) is 103. The Hall–Kier alpha value is -10.4. The number of phenols is 2. The van der Waals surface area contributed by atoms with Crippen molar-refractivity contribution in [1.82, 2.24) is 40.9 Å². The van der Waals surface area contributed by atoms with Crippen LogP contribution in [0.25, 0.3) is 0 Å². The van der Waals surface area contributed by atoms with Gasteiger partial charge in [0.1, 0.15) is 0 Å². The average molecular weight is 1490 g/mol. The number of amides is 6. The summed E-state index contributed by atoms with van der Waals surface area (Å²) in [6.45, 7) is 26.3. The van der Waals surface area contributed by atoms with Gasteiger partial charge < -0.3 is 109 Å². The monoisotopic (exact) mass is 1490 g/mol. The molecule has 30 nitrogen and oxygen atoms in total. The number of hydrogen-bond acceptors (Lipinski definition) is 22. The predicted molar refractivity (Wildman–Crippen MR) is 403 cm³/mol. The van der Waals surface area contributed by atoms with Gasteiger partial charge in [-0.25, -0.2) is 19.2 Å². The summed E-state index contributed by atoms with van der Waals surface area (Å²) in [5.41, 5.74) is 3.55. The van der Waals surface area contributed by atoms with Crippen LogP contribution >= 0.6 is 0 Å². The number of phenolic OH excluding ortho intramolecular Hbond substituents is 2. The van der Waals surface area contributed by atoms with Gasteiger partial charge in [0.15, 0.2) is 46.0 Å². The second-order valence-corrected chi connectivity index (χ2v) is 26.0. The van der Waals surface area contributed by atoms with Crippen molar-refractivity contribution in [2.24, 2.45) is 0 Å². The number of carbonyl (C=O) groups is 8. The zero-order valence-corrected chi connectivity index (χ0v) is 66.2. The fourth-order valence-electron chi connectivity index (χ4n) is 9.11. The van der Waals surface area contributed by atoms with E-state index in [-0.39, 0.29) is 90.7 Å². The van der Waals surface area contributed by atoms with Gasteiger partial charge in [-0.3, -0.25) is 19.2 Å². The molecule has 4 aromatic rings. The maximum Gasteiger partial charge on any atom is 0.415 e. The van der Waals surface area contributed by atoms with Crippen molar-refractivity contribution in [3.05, 3.63) is 94.1 Å². The minimum atomic E-state index is -1.36. The molecule has 0 saturated carbocycles. The van der Waals surface area contributed by atoms with Crippen LogP contribution in [-0.2, 0) is 28.8 Å². The molecular formula is C76H116N8O22. The molecule has 0 aliphatic carbocycles. The Kier molecular flexibility index (Phi) is 42.3. The van der Waals surface area contributed by atoms with Gasteiger partial charge in [-0.15, -0.1) is 0 Å². The Labute approximate surface area is 624 Å². The molecule has 0 unspecified atom stereocenters. The number of nitrogens with one attached hydrogen (secondary N) is 4. The van der Waals surface area contributed by atoms with E-state index in [1.807, 2.05) is 79.7 Å². The van der Waals surface area contributed by atoms with E-state index in [2.05, 4.69) is 49.0 Å². The highest BCUT2D eigenvalue weighted by Crippen LogP contribution is 2.43. The molecule has 0 atom stereocenters. The van der Waals surface area contributed by atoms with Crippen LogP contribution in [0.15, 0.2) is 71.8 Å². The lowest BCUT2D eigenvalue weighted by molar-refractivity contribution is -0.134. The number of likely N-dealkylation sites (N-methyl/N-ethyl adjacent to an activating group) is 4. The van der Waals surface area contributed by atoms with E-state index >= 15 is 0 Å². The molecule has 0 fully saturated rings. The Balaban J connectivity index is 0.000000778.